The predicted octanol–water partition coefficient (Wildman–Crippen LogP) is 7.07. The molecule has 0 N–H and O–H groups in total. The Morgan fingerprint density at radius 3 is 0.632 bits per heavy atom. The number of halogens is 18. The third-order valence-electron chi connectivity index (χ3n) is 4.26. The van der Waals surface area contributed by atoms with E-state index in [4.69, 9.17) is 0 Å². The molecule has 0 aliphatic carbocycles. The number of benzene rings is 2. The molecule has 20 heteroatoms. The van der Waals surface area contributed by atoms with Crippen molar-refractivity contribution in [3.05, 3.63) is 57.6 Å². The van der Waals surface area contributed by atoms with Crippen molar-refractivity contribution in [1.29, 1.82) is 0 Å². The first-order chi connectivity index (χ1) is 16.6. The summed E-state index contributed by atoms with van der Waals surface area (Å²) in [6.07, 6.45) is -35.4. The van der Waals surface area contributed by atoms with E-state index in [1.54, 1.807) is 0 Å². The maximum atomic E-state index is 13.4. The zero-order valence-electron chi connectivity index (χ0n) is 16.9. The van der Waals surface area contributed by atoms with Crippen LogP contribution in [0.2, 0.25) is 0 Å². The van der Waals surface area contributed by atoms with Gasteiger partial charge in [0.05, 0.1) is 0 Å². The van der Waals surface area contributed by atoms with Crippen LogP contribution in [0, 0.1) is 0 Å². The van der Waals surface area contributed by atoms with Crippen molar-refractivity contribution >= 4 is 35.2 Å². The number of alkyl halides is 18. The second-order valence-electron chi connectivity index (χ2n) is 6.95. The van der Waals surface area contributed by atoms with E-state index >= 15 is 0 Å². The minimum absolute atomic E-state index is 0.787. The van der Waals surface area contributed by atoms with Gasteiger partial charge in [0.2, 0.25) is 0 Å². The van der Waals surface area contributed by atoms with Gasteiger partial charge in [0, 0.05) is 0 Å². The topological polar surface area (TPSA) is 0 Å². The van der Waals surface area contributed by atoms with Crippen molar-refractivity contribution in [2.24, 2.45) is 0 Å². The fraction of sp³-hybridized carbons (Fsp3) is 0.333. The van der Waals surface area contributed by atoms with Crippen molar-refractivity contribution in [1.82, 2.24) is 0 Å². The van der Waals surface area contributed by atoms with Crippen LogP contribution < -0.4 is 8.92 Å². The molecule has 0 amide bonds. The Morgan fingerprint density at radius 1 is 0.316 bits per heavy atom. The van der Waals surface area contributed by atoms with Crippen LogP contribution in [-0.2, 0) is 37.1 Å². The van der Waals surface area contributed by atoms with Crippen LogP contribution in [0.1, 0.15) is 33.4 Å². The van der Waals surface area contributed by atoms with Gasteiger partial charge in [-0.05, 0) is 0 Å². The molecule has 0 aliphatic rings. The first-order valence-electron chi connectivity index (χ1n) is 8.79. The second-order valence-corrected chi connectivity index (χ2v) is 13.0. The maximum absolute atomic E-state index is 13.4. The molecule has 0 nitrogen and oxygen atoms in total. The Kier molecular flexibility index (Phi) is 8.53. The number of hydrogen-bond acceptors (Lipinski definition) is 0. The number of rotatable bonds is 3. The van der Waals surface area contributed by atoms with Crippen LogP contribution >= 0.6 is 0 Å². The summed E-state index contributed by atoms with van der Waals surface area (Å²) in [6, 6.07) is -3.15. The summed E-state index contributed by atoms with van der Waals surface area (Å²) in [5, 5.41) is 0. The molecule has 0 bridgehead atoms. The Balaban J connectivity index is 2.90. The Hall–Kier alpha value is -1.78. The molecule has 0 spiro atoms. The van der Waals surface area contributed by atoms with Crippen LogP contribution in [0.3, 0.4) is 0 Å². The van der Waals surface area contributed by atoms with E-state index in [9.17, 15) is 79.0 Å². The summed E-state index contributed by atoms with van der Waals surface area (Å²) in [7, 11) is 0. The molecule has 38 heavy (non-hydrogen) atoms. The van der Waals surface area contributed by atoms with E-state index in [2.05, 4.69) is 0 Å². The molecule has 0 aromatic heterocycles. The fourth-order valence-corrected chi connectivity index (χ4v) is 11.0. The summed E-state index contributed by atoms with van der Waals surface area (Å²) < 4.78 is 235. The van der Waals surface area contributed by atoms with Crippen molar-refractivity contribution in [3.8, 4) is 0 Å². The van der Waals surface area contributed by atoms with E-state index in [1.807, 2.05) is 0 Å². The van der Waals surface area contributed by atoms with E-state index < -0.39 is 130 Å². The van der Waals surface area contributed by atoms with Crippen molar-refractivity contribution in [2.45, 2.75) is 37.1 Å². The van der Waals surface area contributed by atoms with Gasteiger partial charge in [-0.25, -0.2) is 0 Å². The summed E-state index contributed by atoms with van der Waals surface area (Å²) in [6.45, 7) is 0. The predicted molar refractivity (Wildman–Crippen MR) is 93.7 cm³/mol. The quantitative estimate of drug-likeness (QED) is 0.235. The van der Waals surface area contributed by atoms with Gasteiger partial charge in [-0.1, -0.05) is 0 Å². The van der Waals surface area contributed by atoms with E-state index in [1.165, 1.54) is 0 Å². The molecule has 0 fully saturated rings. The van der Waals surface area contributed by atoms with Gasteiger partial charge >= 0.3 is 209 Å². The van der Waals surface area contributed by atoms with Crippen LogP contribution in [0.25, 0.3) is 0 Å². The average molecular weight is 720 g/mol. The molecule has 0 aliphatic heterocycles. The van der Waals surface area contributed by atoms with E-state index in [0.29, 0.717) is 0 Å². The molecule has 2 rings (SSSR count). The Bertz CT molecular complexity index is 1010. The molecule has 0 saturated heterocycles. The van der Waals surface area contributed by atoms with Crippen LogP contribution in [0.4, 0.5) is 79.0 Å². The molecule has 214 valence electrons. The van der Waals surface area contributed by atoms with E-state index in [0.717, 1.165) is 0 Å². The summed E-state index contributed by atoms with van der Waals surface area (Å²) >= 11 is -5.40. The second kappa shape index (κ2) is 10.00. The van der Waals surface area contributed by atoms with Crippen molar-refractivity contribution in [3.63, 3.8) is 0 Å². The van der Waals surface area contributed by atoms with E-state index in [-0.39, 0.29) is 0 Å². The van der Waals surface area contributed by atoms with Gasteiger partial charge in [0.15, 0.2) is 0 Å². The van der Waals surface area contributed by atoms with Gasteiger partial charge in [0.25, 0.3) is 0 Å². The normalized spacial score (nSPS) is 14.3. The van der Waals surface area contributed by atoms with Gasteiger partial charge < -0.3 is 0 Å². The SMILES string of the molecule is FC(F)(F)c1cc(C(F)(F)F)c([Se][Se]c2c(C(F)(F)F)cc(C(F)(F)F)cc2C(F)(F)F)c(C(F)(F)F)c1. The van der Waals surface area contributed by atoms with Gasteiger partial charge in [-0.15, -0.1) is 0 Å². The minimum atomic E-state index is -5.98. The molecule has 0 atom stereocenters. The summed E-state index contributed by atoms with van der Waals surface area (Å²) in [4.78, 5) is 0. The number of hydrogen-bond donors (Lipinski definition) is 0. The molecular weight excluding hydrogens is 716 g/mol. The molecule has 0 unspecified atom stereocenters. The van der Waals surface area contributed by atoms with Crippen LogP contribution in [-0.4, -0.2) is 26.3 Å². The fourth-order valence-electron chi connectivity index (χ4n) is 2.69. The third kappa shape index (κ3) is 7.44. The monoisotopic (exact) mass is 722 g/mol. The summed E-state index contributed by atoms with van der Waals surface area (Å²) in [5.74, 6) is 0. The third-order valence-corrected chi connectivity index (χ3v) is 11.5. The average Bonchev–Trinajstić information content (AvgIpc) is 2.66. The molecule has 0 heterocycles. The summed E-state index contributed by atoms with van der Waals surface area (Å²) in [5.41, 5.74) is -15.4. The first-order valence-corrected chi connectivity index (χ1v) is 14.8. The Labute approximate surface area is 209 Å². The zero-order valence-corrected chi connectivity index (χ0v) is 20.4. The Morgan fingerprint density at radius 2 is 0.500 bits per heavy atom. The van der Waals surface area contributed by atoms with Gasteiger partial charge in [-0.2, -0.15) is 0 Å². The first kappa shape index (κ1) is 32.4. The molecule has 0 saturated carbocycles. The zero-order chi connectivity index (χ0) is 29.9. The van der Waals surface area contributed by atoms with Crippen LogP contribution in [0.15, 0.2) is 24.3 Å². The molecule has 2 aromatic rings. The van der Waals surface area contributed by atoms with Crippen molar-refractivity contribution < 1.29 is 79.0 Å². The standard InChI is InChI=1S/C18H4F18Se2/c19-13(20,21)5-1-7(15(25,26)27)11(8(2-5)16(28,29)30)37-38-12-9(17(31,32)33)3-6(14(22,23)24)4-10(12)18(34,35)36/h1-4H. The molecule has 0 radical (unpaired) electrons. The van der Waals surface area contributed by atoms with Crippen LogP contribution in [0.5, 0.6) is 0 Å². The van der Waals surface area contributed by atoms with Gasteiger partial charge in [-0.3, -0.25) is 0 Å². The molecule has 2 aromatic carbocycles. The van der Waals surface area contributed by atoms with Crippen molar-refractivity contribution in [2.75, 3.05) is 0 Å². The van der Waals surface area contributed by atoms with Gasteiger partial charge in [0.1, 0.15) is 0 Å². The molecular formula is C18H4F18Se2.